The van der Waals surface area contributed by atoms with E-state index in [0.29, 0.717) is 12.5 Å². The molecule has 0 amide bonds. The molecule has 2 rings (SSSR count). The van der Waals surface area contributed by atoms with Crippen LogP contribution in [-0.4, -0.2) is 22.5 Å². The molecule has 0 heterocycles. The molecular weight excluding hydrogens is 260 g/mol. The topological polar surface area (TPSA) is 92.5 Å². The molecule has 0 bridgehead atoms. The summed E-state index contributed by atoms with van der Waals surface area (Å²) in [5.41, 5.74) is -0.000385. The van der Waals surface area contributed by atoms with Crippen molar-refractivity contribution in [3.63, 3.8) is 0 Å². The highest BCUT2D eigenvalue weighted by Crippen LogP contribution is 2.52. The monoisotopic (exact) mass is 278 g/mol. The van der Waals surface area contributed by atoms with Crippen molar-refractivity contribution in [2.24, 2.45) is 11.3 Å². The average Bonchev–Trinajstić information content (AvgIpc) is 3.16. The summed E-state index contributed by atoms with van der Waals surface area (Å²) in [5.74, 6) is -0.698. The Balaban J connectivity index is 2.29. The van der Waals surface area contributed by atoms with Crippen molar-refractivity contribution >= 4 is 17.3 Å². The molecule has 0 atom stereocenters. The number of benzene rings is 1. The van der Waals surface area contributed by atoms with Crippen LogP contribution in [0, 0.1) is 21.4 Å². The number of carboxylic acid groups (broad SMARTS) is 1. The Morgan fingerprint density at radius 2 is 2.15 bits per heavy atom. The number of anilines is 1. The van der Waals surface area contributed by atoms with Gasteiger partial charge in [0.1, 0.15) is 5.69 Å². The van der Waals surface area contributed by atoms with Crippen molar-refractivity contribution in [3.8, 4) is 0 Å². The lowest BCUT2D eigenvalue weighted by atomic mass is 9.92. The Morgan fingerprint density at radius 1 is 1.50 bits per heavy atom. The molecule has 1 aliphatic carbocycles. The fourth-order valence-electron chi connectivity index (χ4n) is 2.44. The number of nitro benzene ring substituents is 1. The number of aromatic carboxylic acids is 1. The molecule has 1 aliphatic rings. The lowest BCUT2D eigenvalue weighted by molar-refractivity contribution is -0.384. The molecule has 0 unspecified atom stereocenters. The normalized spacial score (nSPS) is 15.9. The number of carboxylic acids is 1. The summed E-state index contributed by atoms with van der Waals surface area (Å²) in [6.45, 7) is 4.80. The van der Waals surface area contributed by atoms with Gasteiger partial charge in [0.25, 0.3) is 5.69 Å². The maximum atomic E-state index is 11.2. The van der Waals surface area contributed by atoms with Gasteiger partial charge >= 0.3 is 5.97 Å². The van der Waals surface area contributed by atoms with E-state index < -0.39 is 10.9 Å². The second kappa shape index (κ2) is 5.11. The molecule has 1 aromatic carbocycles. The predicted molar refractivity (Wildman–Crippen MR) is 75.1 cm³/mol. The maximum Gasteiger partial charge on any atom is 0.338 e. The lowest BCUT2D eigenvalue weighted by Crippen LogP contribution is -2.22. The molecule has 2 N–H and O–H groups in total. The molecule has 0 aliphatic heterocycles. The number of rotatable bonds is 6. The second-order valence-corrected chi connectivity index (χ2v) is 5.63. The summed E-state index contributed by atoms with van der Waals surface area (Å²) in [5, 5.41) is 23.2. The molecule has 20 heavy (non-hydrogen) atoms. The van der Waals surface area contributed by atoms with Gasteiger partial charge in [-0.15, -0.1) is 0 Å². The van der Waals surface area contributed by atoms with E-state index in [1.54, 1.807) is 0 Å². The van der Waals surface area contributed by atoms with Gasteiger partial charge < -0.3 is 10.4 Å². The number of hydrogen-bond acceptors (Lipinski definition) is 4. The molecule has 6 nitrogen and oxygen atoms in total. The van der Waals surface area contributed by atoms with E-state index in [4.69, 9.17) is 5.11 Å². The summed E-state index contributed by atoms with van der Waals surface area (Å²) in [6, 6.07) is 4.10. The SMILES string of the molecule is CC(C)C1(CNc2c(C(=O)O)cccc2[N+](=O)[O-])CC1. The van der Waals surface area contributed by atoms with E-state index in [0.717, 1.165) is 12.8 Å². The summed E-state index contributed by atoms with van der Waals surface area (Å²) in [4.78, 5) is 21.7. The Hall–Kier alpha value is -2.11. The highest BCUT2D eigenvalue weighted by Gasteiger charge is 2.45. The van der Waals surface area contributed by atoms with Gasteiger partial charge in [0.15, 0.2) is 0 Å². The van der Waals surface area contributed by atoms with Gasteiger partial charge in [0.05, 0.1) is 10.5 Å². The molecule has 108 valence electrons. The van der Waals surface area contributed by atoms with Gasteiger partial charge in [0.2, 0.25) is 0 Å². The molecule has 0 radical (unpaired) electrons. The minimum Gasteiger partial charge on any atom is -0.478 e. The van der Waals surface area contributed by atoms with Crippen LogP contribution >= 0.6 is 0 Å². The van der Waals surface area contributed by atoms with Crippen LogP contribution in [0.5, 0.6) is 0 Å². The smallest absolute Gasteiger partial charge is 0.338 e. The Morgan fingerprint density at radius 3 is 2.60 bits per heavy atom. The van der Waals surface area contributed by atoms with Crippen LogP contribution in [0.2, 0.25) is 0 Å². The summed E-state index contributed by atoms with van der Waals surface area (Å²) >= 11 is 0. The van der Waals surface area contributed by atoms with E-state index >= 15 is 0 Å². The zero-order chi connectivity index (χ0) is 14.9. The quantitative estimate of drug-likeness (QED) is 0.616. The van der Waals surface area contributed by atoms with Crippen molar-refractivity contribution in [1.82, 2.24) is 0 Å². The van der Waals surface area contributed by atoms with E-state index in [1.807, 2.05) is 0 Å². The van der Waals surface area contributed by atoms with Crippen LogP contribution in [0.4, 0.5) is 11.4 Å². The fourth-order valence-corrected chi connectivity index (χ4v) is 2.44. The van der Waals surface area contributed by atoms with Crippen molar-refractivity contribution < 1.29 is 14.8 Å². The number of para-hydroxylation sites is 1. The highest BCUT2D eigenvalue weighted by molar-refractivity contribution is 5.96. The van der Waals surface area contributed by atoms with E-state index in [-0.39, 0.29) is 22.4 Å². The fraction of sp³-hybridized carbons (Fsp3) is 0.500. The number of nitrogens with one attached hydrogen (secondary N) is 1. The first-order chi connectivity index (χ1) is 9.37. The standard InChI is InChI=1S/C14H18N2O4/c1-9(2)14(6-7-14)8-15-12-10(13(17)18)4-3-5-11(12)16(19)20/h3-5,9,15H,6-8H2,1-2H3,(H,17,18). The molecule has 6 heteroatoms. The molecule has 1 saturated carbocycles. The van der Waals surface area contributed by atoms with Gasteiger partial charge in [0, 0.05) is 12.6 Å². The van der Waals surface area contributed by atoms with Crippen molar-refractivity contribution in [2.75, 3.05) is 11.9 Å². The van der Waals surface area contributed by atoms with Crippen LogP contribution in [0.25, 0.3) is 0 Å². The minimum absolute atomic E-state index is 0.0567. The molecule has 0 saturated heterocycles. The summed E-state index contributed by atoms with van der Waals surface area (Å²) in [6.07, 6.45) is 2.14. The number of hydrogen-bond donors (Lipinski definition) is 2. The largest absolute Gasteiger partial charge is 0.478 e. The zero-order valence-corrected chi connectivity index (χ0v) is 11.5. The third-order valence-corrected chi connectivity index (χ3v) is 4.20. The first kappa shape index (κ1) is 14.3. The number of carbonyl (C=O) groups is 1. The average molecular weight is 278 g/mol. The van der Waals surface area contributed by atoms with Crippen LogP contribution in [0.3, 0.4) is 0 Å². The highest BCUT2D eigenvalue weighted by atomic mass is 16.6. The van der Waals surface area contributed by atoms with Gasteiger partial charge in [-0.2, -0.15) is 0 Å². The predicted octanol–water partition coefficient (Wildman–Crippen LogP) is 3.14. The maximum absolute atomic E-state index is 11.2. The van der Waals surface area contributed by atoms with Gasteiger partial charge in [-0.1, -0.05) is 19.9 Å². The van der Waals surface area contributed by atoms with Crippen molar-refractivity contribution in [1.29, 1.82) is 0 Å². The lowest BCUT2D eigenvalue weighted by Gasteiger charge is -2.21. The molecule has 0 aromatic heterocycles. The van der Waals surface area contributed by atoms with Gasteiger partial charge in [-0.25, -0.2) is 4.79 Å². The zero-order valence-electron chi connectivity index (χ0n) is 11.5. The Kier molecular flexibility index (Phi) is 3.65. The van der Waals surface area contributed by atoms with Crippen molar-refractivity contribution in [3.05, 3.63) is 33.9 Å². The van der Waals surface area contributed by atoms with Gasteiger partial charge in [-0.3, -0.25) is 10.1 Å². The second-order valence-electron chi connectivity index (χ2n) is 5.63. The van der Waals surface area contributed by atoms with Gasteiger partial charge in [-0.05, 0) is 30.2 Å². The molecular formula is C14H18N2O4. The number of nitro groups is 1. The van der Waals surface area contributed by atoms with Crippen molar-refractivity contribution in [2.45, 2.75) is 26.7 Å². The van der Waals surface area contributed by atoms with E-state index in [1.165, 1.54) is 18.2 Å². The van der Waals surface area contributed by atoms with Crippen LogP contribution in [0.15, 0.2) is 18.2 Å². The summed E-state index contributed by atoms with van der Waals surface area (Å²) in [7, 11) is 0. The first-order valence-electron chi connectivity index (χ1n) is 6.62. The van der Waals surface area contributed by atoms with E-state index in [9.17, 15) is 14.9 Å². The molecule has 0 spiro atoms. The first-order valence-corrected chi connectivity index (χ1v) is 6.62. The summed E-state index contributed by atoms with van der Waals surface area (Å²) < 4.78 is 0. The van der Waals surface area contributed by atoms with Crippen LogP contribution < -0.4 is 5.32 Å². The molecule has 1 fully saturated rings. The minimum atomic E-state index is -1.16. The number of nitrogens with zero attached hydrogens (tertiary/aromatic N) is 1. The van der Waals surface area contributed by atoms with E-state index in [2.05, 4.69) is 19.2 Å². The third kappa shape index (κ3) is 2.59. The molecule has 1 aromatic rings. The Bertz CT molecular complexity index is 518. The van der Waals surface area contributed by atoms with Crippen LogP contribution in [0.1, 0.15) is 37.0 Å². The van der Waals surface area contributed by atoms with Crippen LogP contribution in [-0.2, 0) is 0 Å². The third-order valence-electron chi connectivity index (χ3n) is 4.20. The Labute approximate surface area is 117 Å².